The molecule has 4 atom stereocenters. The third-order valence-corrected chi connectivity index (χ3v) is 4.16. The average Bonchev–Trinajstić information content (AvgIpc) is 2.36. The van der Waals surface area contributed by atoms with Gasteiger partial charge in [-0.2, -0.15) is 0 Å². The summed E-state index contributed by atoms with van der Waals surface area (Å²) in [5.41, 5.74) is 5.93. The molecule has 1 saturated carbocycles. The van der Waals surface area contributed by atoms with Crippen molar-refractivity contribution in [3.8, 4) is 0 Å². The van der Waals surface area contributed by atoms with E-state index in [9.17, 15) is 14.4 Å². The lowest BCUT2D eigenvalue weighted by molar-refractivity contribution is -0.138. The zero-order valence-corrected chi connectivity index (χ0v) is 11.1. The summed E-state index contributed by atoms with van der Waals surface area (Å²) >= 11 is 0. The van der Waals surface area contributed by atoms with Crippen LogP contribution >= 0.6 is 0 Å². The highest BCUT2D eigenvalue weighted by Crippen LogP contribution is 2.28. The van der Waals surface area contributed by atoms with Gasteiger partial charge in [0.05, 0.1) is 0 Å². The second kappa shape index (κ2) is 5.69. The number of rotatable bonds is 2. The van der Waals surface area contributed by atoms with Crippen molar-refractivity contribution in [1.29, 1.82) is 0 Å². The predicted molar refractivity (Wildman–Crippen MR) is 68.8 cm³/mol. The van der Waals surface area contributed by atoms with Gasteiger partial charge in [-0.3, -0.25) is 19.7 Å². The molecule has 6 nitrogen and oxygen atoms in total. The minimum absolute atomic E-state index is 0.0692. The van der Waals surface area contributed by atoms with Crippen molar-refractivity contribution in [2.75, 3.05) is 0 Å². The number of hydrogen-bond acceptors (Lipinski definition) is 4. The van der Waals surface area contributed by atoms with Crippen molar-refractivity contribution in [3.63, 3.8) is 0 Å². The highest BCUT2D eigenvalue weighted by atomic mass is 16.2. The highest BCUT2D eigenvalue weighted by Gasteiger charge is 2.33. The van der Waals surface area contributed by atoms with Gasteiger partial charge in [-0.1, -0.05) is 6.92 Å². The monoisotopic (exact) mass is 267 g/mol. The molecular formula is C13H21N3O3. The number of hydrogen-bond donors (Lipinski definition) is 3. The fourth-order valence-electron chi connectivity index (χ4n) is 2.78. The Morgan fingerprint density at radius 3 is 2.68 bits per heavy atom. The molecule has 19 heavy (non-hydrogen) atoms. The minimum Gasteiger partial charge on any atom is -0.344 e. The third-order valence-electron chi connectivity index (χ3n) is 4.16. The summed E-state index contributed by atoms with van der Waals surface area (Å²) < 4.78 is 0. The minimum atomic E-state index is -0.573. The SMILES string of the molecule is CC1CC(C(=O)NC2CCC(=O)NC2=O)CCC1N. The number of nitrogens with one attached hydrogen (secondary N) is 2. The second-order valence-corrected chi connectivity index (χ2v) is 5.66. The lowest BCUT2D eigenvalue weighted by Gasteiger charge is -2.32. The Morgan fingerprint density at radius 1 is 1.32 bits per heavy atom. The van der Waals surface area contributed by atoms with Crippen LogP contribution in [0.1, 0.15) is 39.0 Å². The summed E-state index contributed by atoms with van der Waals surface area (Å²) in [6.45, 7) is 2.05. The molecule has 2 aliphatic rings. The van der Waals surface area contributed by atoms with Crippen LogP contribution in [0.2, 0.25) is 0 Å². The zero-order valence-electron chi connectivity index (χ0n) is 11.1. The maximum Gasteiger partial charge on any atom is 0.249 e. The van der Waals surface area contributed by atoms with Crippen LogP contribution in [0.5, 0.6) is 0 Å². The first kappa shape index (κ1) is 14.0. The fraction of sp³-hybridized carbons (Fsp3) is 0.769. The molecule has 0 spiro atoms. The standard InChI is InChI=1S/C13H21N3O3/c1-7-6-8(2-3-9(7)14)12(18)15-10-4-5-11(17)16-13(10)19/h7-10H,2-6,14H2,1H3,(H,15,18)(H,16,17,19). The van der Waals surface area contributed by atoms with Crippen molar-refractivity contribution in [2.45, 2.75) is 51.1 Å². The van der Waals surface area contributed by atoms with Gasteiger partial charge in [0.15, 0.2) is 0 Å². The highest BCUT2D eigenvalue weighted by molar-refractivity contribution is 6.01. The Labute approximate surface area is 112 Å². The largest absolute Gasteiger partial charge is 0.344 e. The van der Waals surface area contributed by atoms with E-state index in [1.165, 1.54) is 0 Å². The van der Waals surface area contributed by atoms with Crippen molar-refractivity contribution in [3.05, 3.63) is 0 Å². The van der Waals surface area contributed by atoms with Gasteiger partial charge in [-0.25, -0.2) is 0 Å². The fourth-order valence-corrected chi connectivity index (χ4v) is 2.78. The molecule has 0 aromatic rings. The first-order valence-corrected chi connectivity index (χ1v) is 6.87. The molecule has 0 radical (unpaired) electrons. The smallest absolute Gasteiger partial charge is 0.249 e. The molecule has 106 valence electrons. The number of piperidine rings is 1. The van der Waals surface area contributed by atoms with E-state index in [2.05, 4.69) is 17.6 Å². The summed E-state index contributed by atoms with van der Waals surface area (Å²) in [7, 11) is 0. The van der Waals surface area contributed by atoms with Crippen molar-refractivity contribution < 1.29 is 14.4 Å². The first-order chi connectivity index (χ1) is 8.97. The van der Waals surface area contributed by atoms with Crippen molar-refractivity contribution >= 4 is 17.7 Å². The maximum absolute atomic E-state index is 12.1. The number of carbonyl (C=O) groups excluding carboxylic acids is 3. The second-order valence-electron chi connectivity index (χ2n) is 5.66. The van der Waals surface area contributed by atoms with Crippen LogP contribution in [0, 0.1) is 11.8 Å². The molecule has 2 fully saturated rings. The summed E-state index contributed by atoms with van der Waals surface area (Å²) in [5.74, 6) is -0.502. The molecule has 3 amide bonds. The number of imide groups is 1. The summed E-state index contributed by atoms with van der Waals surface area (Å²) in [6.07, 6.45) is 3.04. The van der Waals surface area contributed by atoms with Crippen LogP contribution in [-0.4, -0.2) is 29.8 Å². The zero-order chi connectivity index (χ0) is 14.0. The van der Waals surface area contributed by atoms with Crippen LogP contribution < -0.4 is 16.4 Å². The van der Waals surface area contributed by atoms with Crippen LogP contribution in [-0.2, 0) is 14.4 Å². The van der Waals surface area contributed by atoms with Crippen molar-refractivity contribution in [1.82, 2.24) is 10.6 Å². The lowest BCUT2D eigenvalue weighted by atomic mass is 9.79. The third kappa shape index (κ3) is 3.32. The molecule has 1 aliphatic heterocycles. The van der Waals surface area contributed by atoms with E-state index in [4.69, 9.17) is 5.73 Å². The van der Waals surface area contributed by atoms with Gasteiger partial charge in [0.2, 0.25) is 17.7 Å². The summed E-state index contributed by atoms with van der Waals surface area (Å²) in [4.78, 5) is 34.7. The molecule has 6 heteroatoms. The molecule has 1 saturated heterocycles. The van der Waals surface area contributed by atoms with Crippen LogP contribution in [0.25, 0.3) is 0 Å². The lowest BCUT2D eigenvalue weighted by Crippen LogP contribution is -2.54. The average molecular weight is 267 g/mol. The number of carbonyl (C=O) groups is 3. The van der Waals surface area contributed by atoms with Gasteiger partial charge in [0, 0.05) is 18.4 Å². The molecule has 2 rings (SSSR count). The Morgan fingerprint density at radius 2 is 2.05 bits per heavy atom. The topological polar surface area (TPSA) is 101 Å². The van der Waals surface area contributed by atoms with Crippen LogP contribution in [0.15, 0.2) is 0 Å². The van der Waals surface area contributed by atoms with Gasteiger partial charge >= 0.3 is 0 Å². The molecule has 4 N–H and O–H groups in total. The Kier molecular flexibility index (Phi) is 4.19. The van der Waals surface area contributed by atoms with Gasteiger partial charge in [-0.05, 0) is 31.6 Å². The normalized spacial score (nSPS) is 35.7. The molecular weight excluding hydrogens is 246 g/mol. The van der Waals surface area contributed by atoms with E-state index in [1.54, 1.807) is 0 Å². The number of amides is 3. The quantitative estimate of drug-likeness (QED) is 0.596. The molecule has 0 aromatic carbocycles. The van der Waals surface area contributed by atoms with Crippen molar-refractivity contribution in [2.24, 2.45) is 17.6 Å². The Hall–Kier alpha value is -1.43. The van der Waals surface area contributed by atoms with E-state index in [-0.39, 0.29) is 30.2 Å². The Bertz CT molecular complexity index is 397. The molecule has 1 heterocycles. The van der Waals surface area contributed by atoms with Crippen LogP contribution in [0.4, 0.5) is 0 Å². The van der Waals surface area contributed by atoms with E-state index in [0.29, 0.717) is 12.3 Å². The van der Waals surface area contributed by atoms with Crippen LogP contribution in [0.3, 0.4) is 0 Å². The van der Waals surface area contributed by atoms with Gasteiger partial charge in [0.1, 0.15) is 6.04 Å². The molecule has 1 aliphatic carbocycles. The summed E-state index contributed by atoms with van der Waals surface area (Å²) in [6, 6.07) is -0.407. The van der Waals surface area contributed by atoms with Gasteiger partial charge < -0.3 is 11.1 Å². The van der Waals surface area contributed by atoms with Gasteiger partial charge in [-0.15, -0.1) is 0 Å². The predicted octanol–water partition coefficient (Wildman–Crippen LogP) is -0.329. The molecule has 0 bridgehead atoms. The molecule has 4 unspecified atom stereocenters. The number of nitrogens with two attached hydrogens (primary N) is 1. The molecule has 0 aromatic heterocycles. The maximum atomic E-state index is 12.1. The van der Waals surface area contributed by atoms with E-state index in [0.717, 1.165) is 19.3 Å². The Balaban J connectivity index is 1.87. The van der Waals surface area contributed by atoms with E-state index < -0.39 is 11.9 Å². The van der Waals surface area contributed by atoms with E-state index >= 15 is 0 Å². The van der Waals surface area contributed by atoms with Gasteiger partial charge in [0.25, 0.3) is 0 Å². The van der Waals surface area contributed by atoms with E-state index in [1.807, 2.05) is 0 Å². The first-order valence-electron chi connectivity index (χ1n) is 6.87. The summed E-state index contributed by atoms with van der Waals surface area (Å²) in [5, 5.41) is 4.99.